The van der Waals surface area contributed by atoms with Crippen LogP contribution in [0.25, 0.3) is 0 Å². The number of nitrogens with zero attached hydrogens (tertiary/aromatic N) is 2. The van der Waals surface area contributed by atoms with Crippen LogP contribution in [0.15, 0.2) is 55.6 Å². The number of hydrogen-bond donors (Lipinski definition) is 1. The van der Waals surface area contributed by atoms with Crippen LogP contribution in [0.1, 0.15) is 57.6 Å². The number of aliphatic hydroxyl groups excluding tert-OH is 1. The number of carbonyl (C=O) groups is 3. The Hall–Kier alpha value is -2.58. The maximum atomic E-state index is 14.5. The summed E-state index contributed by atoms with van der Waals surface area (Å²) in [7, 11) is 0. The zero-order chi connectivity index (χ0) is 27.5. The van der Waals surface area contributed by atoms with E-state index in [2.05, 4.69) is 20.1 Å². The summed E-state index contributed by atoms with van der Waals surface area (Å²) >= 11 is 1.61. The third-order valence-electron chi connectivity index (χ3n) is 8.43. The number of thioether (sulfide) groups is 1. The van der Waals surface area contributed by atoms with Gasteiger partial charge in [0.2, 0.25) is 11.8 Å². The fraction of sp³-hybridized carbons (Fsp3) is 0.567. The first kappa shape index (κ1) is 28.4. The van der Waals surface area contributed by atoms with Gasteiger partial charge in [0.15, 0.2) is 0 Å². The molecule has 206 valence electrons. The minimum Gasteiger partial charge on any atom is -0.461 e. The normalized spacial score (nSPS) is 30.1. The predicted octanol–water partition coefficient (Wildman–Crippen LogP) is 4.14. The van der Waals surface area contributed by atoms with Crippen molar-refractivity contribution in [3.8, 4) is 0 Å². The largest absolute Gasteiger partial charge is 0.461 e. The van der Waals surface area contributed by atoms with Gasteiger partial charge in [-0.05, 0) is 31.7 Å². The standard InChI is InChI=1S/C30H40N2O5S/c1-5-8-12-18-31(17-6-2)27(35)25-30-16-15-29(4,38-30)24(28(36)37-19-7-3)23(30)26(34)32(25)22(20-33)21-13-10-9-11-14-21/h6-7,9-11,13-14,22-25,33H,2-3,5,8,12,15-20H2,1,4H3/t22-,23+,24-,25?,29+,30?/m1/s1. The van der Waals surface area contributed by atoms with Gasteiger partial charge in [0.1, 0.15) is 12.6 Å². The van der Waals surface area contributed by atoms with Crippen molar-refractivity contribution in [2.24, 2.45) is 11.8 Å². The van der Waals surface area contributed by atoms with Crippen LogP contribution in [-0.2, 0) is 19.1 Å². The Morgan fingerprint density at radius 2 is 1.97 bits per heavy atom. The molecule has 1 N–H and O–H groups in total. The first-order valence-electron chi connectivity index (χ1n) is 13.6. The zero-order valence-corrected chi connectivity index (χ0v) is 23.3. The molecular weight excluding hydrogens is 500 g/mol. The number of aliphatic hydroxyl groups is 1. The van der Waals surface area contributed by atoms with Crippen molar-refractivity contribution >= 4 is 29.5 Å². The van der Waals surface area contributed by atoms with Crippen LogP contribution in [0.4, 0.5) is 0 Å². The fourth-order valence-corrected chi connectivity index (χ4v) is 9.10. The molecule has 8 heteroatoms. The zero-order valence-electron chi connectivity index (χ0n) is 22.5. The van der Waals surface area contributed by atoms with Gasteiger partial charge < -0.3 is 19.6 Å². The monoisotopic (exact) mass is 540 g/mol. The molecule has 3 saturated heterocycles. The molecule has 1 aromatic rings. The molecule has 0 saturated carbocycles. The summed E-state index contributed by atoms with van der Waals surface area (Å²) in [4.78, 5) is 45.7. The average molecular weight is 541 g/mol. The number of esters is 1. The third kappa shape index (κ3) is 4.70. The second kappa shape index (κ2) is 11.7. The van der Waals surface area contributed by atoms with Crippen molar-refractivity contribution in [1.82, 2.24) is 9.80 Å². The molecule has 3 aliphatic heterocycles. The lowest BCUT2D eigenvalue weighted by Gasteiger charge is -2.39. The van der Waals surface area contributed by atoms with E-state index in [1.807, 2.05) is 37.3 Å². The average Bonchev–Trinajstić information content (AvgIpc) is 3.48. The van der Waals surface area contributed by atoms with Gasteiger partial charge in [-0.15, -0.1) is 18.3 Å². The first-order chi connectivity index (χ1) is 18.3. The third-order valence-corrected chi connectivity index (χ3v) is 10.4. The number of rotatable bonds is 13. The molecule has 0 radical (unpaired) electrons. The Kier molecular flexibility index (Phi) is 8.72. The highest BCUT2D eigenvalue weighted by molar-refractivity contribution is 8.02. The second-order valence-corrected chi connectivity index (χ2v) is 12.7. The fourth-order valence-electron chi connectivity index (χ4n) is 6.77. The number of fused-ring (bicyclic) bond motifs is 1. The Morgan fingerprint density at radius 1 is 1.24 bits per heavy atom. The number of carbonyl (C=O) groups excluding carboxylic acids is 3. The lowest BCUT2D eigenvalue weighted by molar-refractivity contribution is -0.155. The Labute approximate surface area is 230 Å². The highest BCUT2D eigenvalue weighted by atomic mass is 32.2. The summed E-state index contributed by atoms with van der Waals surface area (Å²) < 4.78 is 4.23. The van der Waals surface area contributed by atoms with Crippen LogP contribution in [0.3, 0.4) is 0 Å². The van der Waals surface area contributed by atoms with Crippen LogP contribution < -0.4 is 0 Å². The summed E-state index contributed by atoms with van der Waals surface area (Å²) in [5, 5.41) is 10.6. The summed E-state index contributed by atoms with van der Waals surface area (Å²) in [5.41, 5.74) is 0.760. The van der Waals surface area contributed by atoms with E-state index in [4.69, 9.17) is 4.74 Å². The molecule has 2 bridgehead atoms. The highest BCUT2D eigenvalue weighted by Crippen LogP contribution is 2.72. The van der Waals surface area contributed by atoms with Crippen molar-refractivity contribution in [3.63, 3.8) is 0 Å². The van der Waals surface area contributed by atoms with Gasteiger partial charge in [-0.3, -0.25) is 14.4 Å². The first-order valence-corrected chi connectivity index (χ1v) is 14.5. The van der Waals surface area contributed by atoms with Crippen LogP contribution in [0.5, 0.6) is 0 Å². The van der Waals surface area contributed by atoms with E-state index < -0.39 is 39.4 Å². The van der Waals surface area contributed by atoms with E-state index in [1.165, 1.54) is 6.08 Å². The molecule has 0 aromatic heterocycles. The Bertz CT molecular complexity index is 1060. The smallest absolute Gasteiger partial charge is 0.311 e. The van der Waals surface area contributed by atoms with Crippen molar-refractivity contribution in [2.75, 3.05) is 26.3 Å². The molecule has 7 nitrogen and oxygen atoms in total. The molecule has 2 amide bonds. The van der Waals surface area contributed by atoms with E-state index in [9.17, 15) is 19.5 Å². The van der Waals surface area contributed by atoms with Gasteiger partial charge in [-0.2, -0.15) is 0 Å². The predicted molar refractivity (Wildman–Crippen MR) is 149 cm³/mol. The lowest BCUT2D eigenvalue weighted by Crippen LogP contribution is -2.55. The summed E-state index contributed by atoms with van der Waals surface area (Å²) in [6, 6.07) is 7.83. The molecule has 38 heavy (non-hydrogen) atoms. The van der Waals surface area contributed by atoms with Crippen LogP contribution in [0, 0.1) is 11.8 Å². The Balaban J connectivity index is 1.81. The molecule has 0 aliphatic carbocycles. The number of unbranched alkanes of at least 4 members (excludes halogenated alkanes) is 2. The van der Waals surface area contributed by atoms with Gasteiger partial charge in [0, 0.05) is 17.8 Å². The molecule has 3 fully saturated rings. The van der Waals surface area contributed by atoms with E-state index >= 15 is 0 Å². The quantitative estimate of drug-likeness (QED) is 0.230. The number of benzene rings is 1. The van der Waals surface area contributed by atoms with Gasteiger partial charge in [0.25, 0.3) is 0 Å². The molecule has 1 aromatic carbocycles. The Morgan fingerprint density at radius 3 is 2.61 bits per heavy atom. The van der Waals surface area contributed by atoms with Crippen LogP contribution >= 0.6 is 11.8 Å². The molecule has 4 rings (SSSR count). The van der Waals surface area contributed by atoms with E-state index in [1.54, 1.807) is 27.6 Å². The topological polar surface area (TPSA) is 87.1 Å². The second-order valence-electron chi connectivity index (χ2n) is 10.8. The maximum absolute atomic E-state index is 14.5. The summed E-state index contributed by atoms with van der Waals surface area (Å²) in [5.74, 6) is -2.18. The van der Waals surface area contributed by atoms with Crippen molar-refractivity contribution in [1.29, 1.82) is 0 Å². The van der Waals surface area contributed by atoms with Gasteiger partial charge in [-0.1, -0.05) is 68.8 Å². The molecule has 1 spiro atoms. The van der Waals surface area contributed by atoms with Gasteiger partial charge >= 0.3 is 5.97 Å². The minimum absolute atomic E-state index is 0.0733. The van der Waals surface area contributed by atoms with Gasteiger partial charge in [0.05, 0.1) is 29.2 Å². The summed E-state index contributed by atoms with van der Waals surface area (Å²) in [6.07, 6.45) is 7.47. The highest BCUT2D eigenvalue weighted by Gasteiger charge is 2.78. The van der Waals surface area contributed by atoms with Gasteiger partial charge in [-0.25, -0.2) is 0 Å². The molecule has 2 unspecified atom stereocenters. The minimum atomic E-state index is -0.803. The van der Waals surface area contributed by atoms with Crippen LogP contribution in [-0.4, -0.2) is 74.5 Å². The van der Waals surface area contributed by atoms with E-state index in [0.717, 1.165) is 24.8 Å². The lowest BCUT2D eigenvalue weighted by atomic mass is 9.66. The van der Waals surface area contributed by atoms with Crippen molar-refractivity contribution in [3.05, 3.63) is 61.2 Å². The van der Waals surface area contributed by atoms with Crippen molar-refractivity contribution < 1.29 is 24.2 Å². The molecule has 3 heterocycles. The van der Waals surface area contributed by atoms with Crippen LogP contribution in [0.2, 0.25) is 0 Å². The number of hydrogen-bond acceptors (Lipinski definition) is 6. The summed E-state index contributed by atoms with van der Waals surface area (Å²) in [6.45, 7) is 12.3. The number of amides is 2. The number of ether oxygens (including phenoxy) is 1. The SMILES string of the molecule is C=CCOC(=O)[C@H]1[C@H]2C(=O)N([C@H](CO)c3ccccc3)C(C(=O)N(CC=C)CCCCC)C23CC[C@]1(C)S3. The maximum Gasteiger partial charge on any atom is 0.311 e. The molecule has 3 aliphatic rings. The number of likely N-dealkylation sites (tertiary alicyclic amines) is 1. The molecule has 6 atom stereocenters. The van der Waals surface area contributed by atoms with Crippen molar-refractivity contribution in [2.45, 2.75) is 67.5 Å². The van der Waals surface area contributed by atoms with E-state index in [-0.39, 0.29) is 25.0 Å². The molecular formula is C30H40N2O5S. The van der Waals surface area contributed by atoms with E-state index in [0.29, 0.717) is 25.9 Å².